The van der Waals surface area contributed by atoms with Gasteiger partial charge in [-0.1, -0.05) is 55.4 Å². The first kappa shape index (κ1) is 19.0. The topological polar surface area (TPSA) is 64.1 Å². The van der Waals surface area contributed by atoms with Crippen LogP contribution < -0.4 is 10.1 Å². The van der Waals surface area contributed by atoms with Crippen LogP contribution in [0.25, 0.3) is 11.1 Å². The summed E-state index contributed by atoms with van der Waals surface area (Å²) in [4.78, 5) is 12.4. The molecule has 3 aromatic rings. The summed E-state index contributed by atoms with van der Waals surface area (Å²) < 4.78 is 5.18. The molecule has 0 aliphatic carbocycles. The number of methoxy groups -OCH3 is 1. The van der Waals surface area contributed by atoms with Crippen LogP contribution in [0.4, 0.5) is 5.13 Å². The highest BCUT2D eigenvalue weighted by molar-refractivity contribution is 7.15. The fourth-order valence-corrected chi connectivity index (χ4v) is 3.47. The summed E-state index contributed by atoms with van der Waals surface area (Å²) in [5.41, 5.74) is 2.71. The van der Waals surface area contributed by atoms with Crippen LogP contribution in [0.5, 0.6) is 5.75 Å². The number of benzene rings is 2. The van der Waals surface area contributed by atoms with Crippen molar-refractivity contribution >= 4 is 22.4 Å². The molecule has 140 valence electrons. The van der Waals surface area contributed by atoms with Gasteiger partial charge in [-0.15, -0.1) is 10.2 Å². The predicted molar refractivity (Wildman–Crippen MR) is 110 cm³/mol. The van der Waals surface area contributed by atoms with Gasteiger partial charge in [0.2, 0.25) is 5.13 Å². The number of aryl methyl sites for hydroxylation is 1. The van der Waals surface area contributed by atoms with Gasteiger partial charge >= 0.3 is 0 Å². The molecule has 0 saturated carbocycles. The number of anilines is 1. The molecule has 0 atom stereocenters. The minimum absolute atomic E-state index is 0.174. The van der Waals surface area contributed by atoms with Crippen LogP contribution in [0.1, 0.15) is 41.6 Å². The Morgan fingerprint density at radius 2 is 1.67 bits per heavy atom. The highest BCUT2D eigenvalue weighted by Gasteiger charge is 2.10. The van der Waals surface area contributed by atoms with Crippen molar-refractivity contribution in [3.63, 3.8) is 0 Å². The Balaban J connectivity index is 1.61. The number of hydrogen-bond acceptors (Lipinski definition) is 5. The second-order valence-corrected chi connectivity index (χ2v) is 7.28. The third-order valence-electron chi connectivity index (χ3n) is 4.25. The van der Waals surface area contributed by atoms with Crippen LogP contribution in [0.3, 0.4) is 0 Å². The lowest BCUT2D eigenvalue weighted by atomic mass is 10.0. The molecule has 6 heteroatoms. The van der Waals surface area contributed by atoms with Gasteiger partial charge in [0, 0.05) is 12.0 Å². The minimum atomic E-state index is -0.174. The summed E-state index contributed by atoms with van der Waals surface area (Å²) in [7, 11) is 1.65. The average molecular weight is 382 g/mol. The van der Waals surface area contributed by atoms with Gasteiger partial charge in [-0.25, -0.2) is 0 Å². The molecular formula is C21H23N3O2S. The van der Waals surface area contributed by atoms with E-state index in [9.17, 15) is 4.79 Å². The van der Waals surface area contributed by atoms with E-state index in [0.29, 0.717) is 10.7 Å². The van der Waals surface area contributed by atoms with Gasteiger partial charge in [0.1, 0.15) is 10.8 Å². The van der Waals surface area contributed by atoms with Gasteiger partial charge in [-0.2, -0.15) is 0 Å². The number of hydrogen-bond donors (Lipinski definition) is 1. The van der Waals surface area contributed by atoms with Crippen molar-refractivity contribution < 1.29 is 9.53 Å². The van der Waals surface area contributed by atoms with Gasteiger partial charge in [0.25, 0.3) is 5.91 Å². The fraction of sp³-hybridized carbons (Fsp3) is 0.286. The molecule has 0 bridgehead atoms. The Hall–Kier alpha value is -2.73. The molecule has 0 radical (unpaired) electrons. The maximum atomic E-state index is 12.4. The molecule has 1 aromatic heterocycles. The zero-order valence-electron chi connectivity index (χ0n) is 15.6. The first-order chi connectivity index (χ1) is 13.2. The summed E-state index contributed by atoms with van der Waals surface area (Å²) in [5.74, 6) is 0.647. The first-order valence-electron chi connectivity index (χ1n) is 9.08. The summed E-state index contributed by atoms with van der Waals surface area (Å²) in [6, 6.07) is 15.3. The highest BCUT2D eigenvalue weighted by Crippen LogP contribution is 2.23. The van der Waals surface area contributed by atoms with Crippen molar-refractivity contribution in [2.75, 3.05) is 12.4 Å². The molecule has 1 amide bonds. The number of ether oxygens (including phenoxy) is 1. The third-order valence-corrected chi connectivity index (χ3v) is 5.15. The maximum absolute atomic E-state index is 12.4. The number of rotatable bonds is 8. The SMILES string of the molecule is CCCCCc1nnc(NC(=O)c2ccc(-c3ccc(OC)cc3)cc2)s1. The van der Waals surface area contributed by atoms with Gasteiger partial charge in [-0.3, -0.25) is 10.1 Å². The zero-order valence-corrected chi connectivity index (χ0v) is 16.4. The van der Waals surface area contributed by atoms with Crippen LogP contribution in [-0.2, 0) is 6.42 Å². The minimum Gasteiger partial charge on any atom is -0.497 e. The normalized spacial score (nSPS) is 10.6. The first-order valence-corrected chi connectivity index (χ1v) is 9.89. The number of carbonyl (C=O) groups is 1. The maximum Gasteiger partial charge on any atom is 0.257 e. The van der Waals surface area contributed by atoms with Crippen molar-refractivity contribution in [2.24, 2.45) is 0 Å². The molecule has 27 heavy (non-hydrogen) atoms. The Morgan fingerprint density at radius 3 is 2.30 bits per heavy atom. The molecule has 1 N–H and O–H groups in total. The summed E-state index contributed by atoms with van der Waals surface area (Å²) in [5, 5.41) is 12.6. The quantitative estimate of drug-likeness (QED) is 0.545. The second kappa shape index (κ2) is 9.28. The van der Waals surface area contributed by atoms with E-state index in [-0.39, 0.29) is 5.91 Å². The zero-order chi connectivity index (χ0) is 19.1. The van der Waals surface area contributed by atoms with Gasteiger partial charge in [0.15, 0.2) is 0 Å². The number of amides is 1. The highest BCUT2D eigenvalue weighted by atomic mass is 32.1. The molecule has 2 aromatic carbocycles. The van der Waals surface area contributed by atoms with E-state index < -0.39 is 0 Å². The van der Waals surface area contributed by atoms with Crippen LogP contribution in [-0.4, -0.2) is 23.2 Å². The molecule has 0 fully saturated rings. The van der Waals surface area contributed by atoms with Crippen molar-refractivity contribution in [1.29, 1.82) is 0 Å². The predicted octanol–water partition coefficient (Wildman–Crippen LogP) is 5.20. The lowest BCUT2D eigenvalue weighted by Gasteiger charge is -2.05. The molecule has 3 rings (SSSR count). The van der Waals surface area contributed by atoms with Gasteiger partial charge in [0.05, 0.1) is 7.11 Å². The van der Waals surface area contributed by atoms with Crippen LogP contribution in [0.2, 0.25) is 0 Å². The van der Waals surface area contributed by atoms with E-state index in [1.165, 1.54) is 24.2 Å². The number of carbonyl (C=O) groups excluding carboxylic acids is 1. The van der Waals surface area contributed by atoms with Crippen molar-refractivity contribution in [1.82, 2.24) is 10.2 Å². The lowest BCUT2D eigenvalue weighted by Crippen LogP contribution is -2.11. The fourth-order valence-electron chi connectivity index (χ4n) is 2.70. The van der Waals surface area contributed by atoms with Crippen molar-refractivity contribution in [3.05, 3.63) is 59.1 Å². The van der Waals surface area contributed by atoms with Crippen LogP contribution in [0, 0.1) is 0 Å². The Morgan fingerprint density at radius 1 is 1.00 bits per heavy atom. The molecule has 0 spiro atoms. The standard InChI is InChI=1S/C21H23N3O2S/c1-3-4-5-6-19-23-24-21(27-19)22-20(25)17-9-7-15(8-10-17)16-11-13-18(26-2)14-12-16/h7-14H,3-6H2,1-2H3,(H,22,24,25). The number of nitrogens with one attached hydrogen (secondary N) is 1. The Kier molecular flexibility index (Phi) is 6.54. The smallest absolute Gasteiger partial charge is 0.257 e. The third kappa shape index (κ3) is 5.14. The lowest BCUT2D eigenvalue weighted by molar-refractivity contribution is 0.102. The van der Waals surface area contributed by atoms with E-state index in [2.05, 4.69) is 22.4 Å². The molecule has 0 aliphatic rings. The molecule has 0 aliphatic heterocycles. The van der Waals surface area contributed by atoms with E-state index in [1.807, 2.05) is 48.5 Å². The van der Waals surface area contributed by atoms with Crippen LogP contribution >= 0.6 is 11.3 Å². The van der Waals surface area contributed by atoms with Crippen LogP contribution in [0.15, 0.2) is 48.5 Å². The molecule has 5 nitrogen and oxygen atoms in total. The Bertz CT molecular complexity index is 873. The van der Waals surface area contributed by atoms with Crippen molar-refractivity contribution in [2.45, 2.75) is 32.6 Å². The molecule has 0 saturated heterocycles. The van der Waals surface area contributed by atoms with Crippen molar-refractivity contribution in [3.8, 4) is 16.9 Å². The van der Waals surface area contributed by atoms with E-state index >= 15 is 0 Å². The second-order valence-electron chi connectivity index (χ2n) is 6.22. The molecular weight excluding hydrogens is 358 g/mol. The average Bonchev–Trinajstić information content (AvgIpc) is 3.15. The van der Waals surface area contributed by atoms with E-state index in [4.69, 9.17) is 4.74 Å². The number of unbranched alkanes of at least 4 members (excludes halogenated alkanes) is 2. The number of nitrogens with zero attached hydrogens (tertiary/aromatic N) is 2. The summed E-state index contributed by atoms with van der Waals surface area (Å²) in [6.45, 7) is 2.17. The Labute approximate surface area is 163 Å². The van der Waals surface area contributed by atoms with Gasteiger partial charge < -0.3 is 4.74 Å². The molecule has 0 unspecified atom stereocenters. The van der Waals surface area contributed by atoms with E-state index in [1.54, 1.807) is 7.11 Å². The monoisotopic (exact) mass is 381 g/mol. The summed E-state index contributed by atoms with van der Waals surface area (Å²) >= 11 is 1.44. The van der Waals surface area contributed by atoms with E-state index in [0.717, 1.165) is 34.7 Å². The number of aromatic nitrogens is 2. The summed E-state index contributed by atoms with van der Waals surface area (Å²) in [6.07, 6.45) is 4.38. The van der Waals surface area contributed by atoms with Gasteiger partial charge in [-0.05, 0) is 41.8 Å². The largest absolute Gasteiger partial charge is 0.497 e. The molecule has 1 heterocycles.